The zero-order valence-electron chi connectivity index (χ0n) is 11.2. The molecule has 5 heteroatoms. The number of anilines is 1. The first-order valence-corrected chi connectivity index (χ1v) is 6.94. The molecule has 0 radical (unpaired) electrons. The van der Waals surface area contributed by atoms with Crippen molar-refractivity contribution in [1.29, 1.82) is 0 Å². The predicted molar refractivity (Wildman–Crippen MR) is 79.0 cm³/mol. The number of hydrogen-bond acceptors (Lipinski definition) is 4. The zero-order valence-corrected chi connectivity index (χ0v) is 11.2. The molecule has 3 rings (SSSR count). The number of nitrogens with two attached hydrogens (primary N) is 1. The van der Waals surface area contributed by atoms with E-state index in [2.05, 4.69) is 16.5 Å². The van der Waals surface area contributed by atoms with Crippen LogP contribution in [0.2, 0.25) is 0 Å². The van der Waals surface area contributed by atoms with Gasteiger partial charge in [-0.15, -0.1) is 0 Å². The van der Waals surface area contributed by atoms with E-state index < -0.39 is 5.92 Å². The fourth-order valence-corrected chi connectivity index (χ4v) is 2.57. The van der Waals surface area contributed by atoms with Crippen molar-refractivity contribution < 1.29 is 4.79 Å². The molecular weight excluding hydrogens is 252 g/mol. The third-order valence-electron chi connectivity index (χ3n) is 3.60. The van der Waals surface area contributed by atoms with Crippen LogP contribution < -0.4 is 16.1 Å². The Hall–Kier alpha value is -2.30. The molecule has 0 fully saturated rings. The topological polar surface area (TPSA) is 70.7 Å². The molecule has 0 aromatic heterocycles. The molecule has 2 heterocycles. The summed E-state index contributed by atoms with van der Waals surface area (Å²) >= 11 is 0. The Morgan fingerprint density at radius 2 is 2.05 bits per heavy atom. The number of carbonyl (C=O) groups excluding carboxylic acids is 1. The van der Waals surface area contributed by atoms with Crippen LogP contribution in [0.4, 0.5) is 5.69 Å². The van der Waals surface area contributed by atoms with Crippen molar-refractivity contribution in [3.05, 3.63) is 42.1 Å². The van der Waals surface area contributed by atoms with E-state index in [0.29, 0.717) is 5.84 Å². The van der Waals surface area contributed by atoms with Crippen LogP contribution in [-0.2, 0) is 4.79 Å². The summed E-state index contributed by atoms with van der Waals surface area (Å²) in [6.07, 6.45) is 5.30. The van der Waals surface area contributed by atoms with Crippen molar-refractivity contribution in [2.75, 3.05) is 11.6 Å². The van der Waals surface area contributed by atoms with Gasteiger partial charge in [-0.3, -0.25) is 4.79 Å². The lowest BCUT2D eigenvalue weighted by atomic mass is 10.0. The minimum absolute atomic E-state index is 0.0886. The van der Waals surface area contributed by atoms with E-state index in [1.54, 1.807) is 0 Å². The molecule has 5 nitrogen and oxygen atoms in total. The Morgan fingerprint density at radius 3 is 2.85 bits per heavy atom. The highest BCUT2D eigenvalue weighted by Crippen LogP contribution is 2.26. The monoisotopic (exact) mass is 270 g/mol. The van der Waals surface area contributed by atoms with E-state index in [1.165, 1.54) is 5.01 Å². The van der Waals surface area contributed by atoms with Crippen molar-refractivity contribution in [2.24, 2.45) is 16.8 Å². The number of hydrogen-bond donors (Lipinski definition) is 2. The molecule has 104 valence electrons. The predicted octanol–water partition coefficient (Wildman–Crippen LogP) is 1.58. The van der Waals surface area contributed by atoms with E-state index >= 15 is 0 Å². The maximum atomic E-state index is 12.6. The maximum absolute atomic E-state index is 12.6. The van der Waals surface area contributed by atoms with Crippen molar-refractivity contribution in [1.82, 2.24) is 5.32 Å². The molecule has 0 saturated carbocycles. The van der Waals surface area contributed by atoms with Crippen LogP contribution in [0.1, 0.15) is 19.3 Å². The minimum Gasteiger partial charge on any atom is -0.388 e. The Balaban J connectivity index is 1.87. The minimum atomic E-state index is -0.465. The SMILES string of the molecule is NC1=NN(c2ccccc2)C(=O)C1C1=CCCCCN1. The number of amidine groups is 1. The lowest BCUT2D eigenvalue weighted by Gasteiger charge is -2.16. The molecule has 0 aliphatic carbocycles. The summed E-state index contributed by atoms with van der Waals surface area (Å²) in [4.78, 5) is 12.6. The van der Waals surface area contributed by atoms with Gasteiger partial charge in [0.05, 0.1) is 5.69 Å². The summed E-state index contributed by atoms with van der Waals surface area (Å²) in [7, 11) is 0. The number of hydrazone groups is 1. The quantitative estimate of drug-likeness (QED) is 0.857. The van der Waals surface area contributed by atoms with Gasteiger partial charge in [0.1, 0.15) is 11.8 Å². The zero-order chi connectivity index (χ0) is 13.9. The number of nitrogens with one attached hydrogen (secondary N) is 1. The molecule has 20 heavy (non-hydrogen) atoms. The van der Waals surface area contributed by atoms with Crippen LogP contribution in [0, 0.1) is 5.92 Å². The fourth-order valence-electron chi connectivity index (χ4n) is 2.57. The summed E-state index contributed by atoms with van der Waals surface area (Å²) in [5.74, 6) is -0.192. The molecule has 2 aliphatic rings. The smallest absolute Gasteiger partial charge is 0.264 e. The molecule has 1 unspecified atom stereocenters. The highest BCUT2D eigenvalue weighted by molar-refractivity contribution is 6.16. The summed E-state index contributed by atoms with van der Waals surface area (Å²) in [5.41, 5.74) is 7.63. The first-order valence-electron chi connectivity index (χ1n) is 6.94. The van der Waals surface area contributed by atoms with Crippen LogP contribution >= 0.6 is 0 Å². The normalized spacial score (nSPS) is 22.9. The van der Waals surface area contributed by atoms with Gasteiger partial charge in [-0.05, 0) is 31.4 Å². The van der Waals surface area contributed by atoms with E-state index in [0.717, 1.165) is 37.2 Å². The van der Waals surface area contributed by atoms with Crippen molar-refractivity contribution in [2.45, 2.75) is 19.3 Å². The van der Waals surface area contributed by atoms with Gasteiger partial charge in [0.15, 0.2) is 0 Å². The number of benzene rings is 1. The Morgan fingerprint density at radius 1 is 1.25 bits per heavy atom. The second-order valence-corrected chi connectivity index (χ2v) is 5.03. The van der Waals surface area contributed by atoms with Gasteiger partial charge in [0.2, 0.25) is 0 Å². The molecule has 1 amide bonds. The molecule has 1 aromatic rings. The van der Waals surface area contributed by atoms with Crippen LogP contribution in [0.25, 0.3) is 0 Å². The van der Waals surface area contributed by atoms with Gasteiger partial charge in [-0.1, -0.05) is 24.3 Å². The van der Waals surface area contributed by atoms with Crippen LogP contribution in [0.15, 0.2) is 47.2 Å². The summed E-state index contributed by atoms with van der Waals surface area (Å²) in [6.45, 7) is 0.883. The lowest BCUT2D eigenvalue weighted by molar-refractivity contribution is -0.119. The summed E-state index contributed by atoms with van der Waals surface area (Å²) in [5, 5.41) is 8.93. The number of allylic oxidation sites excluding steroid dienone is 1. The van der Waals surface area contributed by atoms with Crippen molar-refractivity contribution >= 4 is 17.4 Å². The average Bonchev–Trinajstić information content (AvgIpc) is 2.67. The van der Waals surface area contributed by atoms with Gasteiger partial charge in [0.25, 0.3) is 5.91 Å². The largest absolute Gasteiger partial charge is 0.388 e. The van der Waals surface area contributed by atoms with Crippen LogP contribution in [-0.4, -0.2) is 18.3 Å². The van der Waals surface area contributed by atoms with Crippen LogP contribution in [0.5, 0.6) is 0 Å². The molecular formula is C15H18N4O. The molecule has 0 spiro atoms. The molecule has 1 aromatic carbocycles. The summed E-state index contributed by atoms with van der Waals surface area (Å²) < 4.78 is 0. The third-order valence-corrected chi connectivity index (χ3v) is 3.60. The van der Waals surface area contributed by atoms with E-state index in [9.17, 15) is 4.79 Å². The van der Waals surface area contributed by atoms with Gasteiger partial charge >= 0.3 is 0 Å². The standard InChI is InChI=1S/C15H18N4O/c16-14-13(12-9-5-2-6-10-17-12)15(20)19(18-14)11-7-3-1-4-8-11/h1,3-4,7-9,13,17H,2,5-6,10H2,(H2,16,18). The van der Waals surface area contributed by atoms with Crippen molar-refractivity contribution in [3.63, 3.8) is 0 Å². The fraction of sp³-hybridized carbons (Fsp3) is 0.333. The third kappa shape index (κ3) is 2.27. The first kappa shape index (κ1) is 12.7. The highest BCUT2D eigenvalue weighted by atomic mass is 16.2. The Kier molecular flexibility index (Phi) is 3.41. The number of para-hydroxylation sites is 1. The molecule has 0 bridgehead atoms. The van der Waals surface area contributed by atoms with Gasteiger partial charge in [0, 0.05) is 12.2 Å². The molecule has 2 aliphatic heterocycles. The van der Waals surface area contributed by atoms with Gasteiger partial charge < -0.3 is 11.1 Å². The van der Waals surface area contributed by atoms with E-state index in [-0.39, 0.29) is 5.91 Å². The van der Waals surface area contributed by atoms with E-state index in [4.69, 9.17) is 5.73 Å². The number of rotatable bonds is 2. The van der Waals surface area contributed by atoms with E-state index in [1.807, 2.05) is 30.3 Å². The first-order chi connectivity index (χ1) is 9.77. The van der Waals surface area contributed by atoms with Crippen molar-refractivity contribution in [3.8, 4) is 0 Å². The molecule has 1 atom stereocenters. The summed E-state index contributed by atoms with van der Waals surface area (Å²) in [6, 6.07) is 9.37. The Labute approximate surface area is 118 Å². The number of amides is 1. The second kappa shape index (κ2) is 5.36. The highest BCUT2D eigenvalue weighted by Gasteiger charge is 2.38. The van der Waals surface area contributed by atoms with Gasteiger partial charge in [-0.2, -0.15) is 10.1 Å². The van der Waals surface area contributed by atoms with Crippen LogP contribution in [0.3, 0.4) is 0 Å². The lowest BCUT2D eigenvalue weighted by Crippen LogP contribution is -2.36. The maximum Gasteiger partial charge on any atom is 0.264 e. The molecule has 0 saturated heterocycles. The Bertz CT molecular complexity index is 564. The molecule has 3 N–H and O–H groups in total. The number of carbonyl (C=O) groups is 1. The average molecular weight is 270 g/mol. The second-order valence-electron chi connectivity index (χ2n) is 5.03. The number of nitrogens with zero attached hydrogens (tertiary/aromatic N) is 2. The van der Waals surface area contributed by atoms with Gasteiger partial charge in [-0.25, -0.2) is 0 Å².